The van der Waals surface area contributed by atoms with E-state index in [9.17, 15) is 0 Å². The maximum absolute atomic E-state index is 3.58. The van der Waals surface area contributed by atoms with Crippen molar-refractivity contribution >= 4 is 5.69 Å². The molecule has 1 aliphatic heterocycles. The molecule has 1 saturated carbocycles. The van der Waals surface area contributed by atoms with Gasteiger partial charge in [0.25, 0.3) is 0 Å². The molecule has 2 atom stereocenters. The first kappa shape index (κ1) is 13.9. The van der Waals surface area contributed by atoms with E-state index in [1.165, 1.54) is 42.6 Å². The molecule has 2 bridgehead atoms. The second-order valence-electron chi connectivity index (χ2n) is 7.70. The van der Waals surface area contributed by atoms with Crippen LogP contribution in [0.25, 0.3) is 0 Å². The number of anilines is 1. The van der Waals surface area contributed by atoms with Crippen LogP contribution in [0.15, 0.2) is 18.2 Å². The van der Waals surface area contributed by atoms with Crippen molar-refractivity contribution in [2.45, 2.75) is 65.1 Å². The number of hydrogen-bond acceptors (Lipinski definition) is 2. The molecule has 1 aliphatic carbocycles. The minimum atomic E-state index is 0.180. The van der Waals surface area contributed by atoms with Crippen molar-refractivity contribution in [2.24, 2.45) is 5.92 Å². The predicted octanol–water partition coefficient (Wildman–Crippen LogP) is 3.87. The minimum Gasteiger partial charge on any atom is -0.368 e. The van der Waals surface area contributed by atoms with Gasteiger partial charge in [-0.1, -0.05) is 6.07 Å². The van der Waals surface area contributed by atoms with Crippen molar-refractivity contribution in [1.82, 2.24) is 5.32 Å². The first-order valence-electron chi connectivity index (χ1n) is 8.03. The van der Waals surface area contributed by atoms with Crippen molar-refractivity contribution < 1.29 is 0 Å². The van der Waals surface area contributed by atoms with Crippen LogP contribution in [0.1, 0.15) is 51.2 Å². The standard InChI is InChI=1S/C18H28N2/c1-13-9-16(20-12-14-5-7-17(20)10-14)8-6-15(13)11-19-18(2,3)4/h6,8-9,14,17,19H,5,7,10-12H2,1-4H3. The van der Waals surface area contributed by atoms with Gasteiger partial charge in [-0.15, -0.1) is 0 Å². The zero-order chi connectivity index (χ0) is 14.3. The summed E-state index contributed by atoms with van der Waals surface area (Å²) in [5.74, 6) is 0.961. The maximum Gasteiger partial charge on any atom is 0.0371 e. The molecular weight excluding hydrogens is 244 g/mol. The highest BCUT2D eigenvalue weighted by molar-refractivity contribution is 5.53. The van der Waals surface area contributed by atoms with Gasteiger partial charge in [0.15, 0.2) is 0 Å². The molecule has 110 valence electrons. The highest BCUT2D eigenvalue weighted by atomic mass is 15.2. The summed E-state index contributed by atoms with van der Waals surface area (Å²) in [6.07, 6.45) is 4.27. The Morgan fingerprint density at radius 3 is 2.60 bits per heavy atom. The van der Waals surface area contributed by atoms with Gasteiger partial charge in [0.1, 0.15) is 0 Å². The van der Waals surface area contributed by atoms with Gasteiger partial charge in [-0.3, -0.25) is 0 Å². The highest BCUT2D eigenvalue weighted by Gasteiger charge is 2.37. The van der Waals surface area contributed by atoms with Crippen LogP contribution in [0, 0.1) is 12.8 Å². The summed E-state index contributed by atoms with van der Waals surface area (Å²) < 4.78 is 0. The van der Waals surface area contributed by atoms with Crippen LogP contribution >= 0.6 is 0 Å². The van der Waals surface area contributed by atoms with Gasteiger partial charge in [0.2, 0.25) is 0 Å². The van der Waals surface area contributed by atoms with Gasteiger partial charge < -0.3 is 10.2 Å². The van der Waals surface area contributed by atoms with Crippen LogP contribution in [-0.2, 0) is 6.54 Å². The lowest BCUT2D eigenvalue weighted by Crippen LogP contribution is -2.35. The van der Waals surface area contributed by atoms with E-state index in [1.807, 2.05) is 0 Å². The van der Waals surface area contributed by atoms with Gasteiger partial charge >= 0.3 is 0 Å². The molecule has 1 heterocycles. The number of aryl methyl sites for hydroxylation is 1. The third kappa shape index (κ3) is 2.85. The zero-order valence-corrected chi connectivity index (χ0v) is 13.4. The van der Waals surface area contributed by atoms with Crippen LogP contribution in [0.2, 0.25) is 0 Å². The molecular formula is C18H28N2. The fraction of sp³-hybridized carbons (Fsp3) is 0.667. The fourth-order valence-electron chi connectivity index (χ4n) is 3.66. The van der Waals surface area contributed by atoms with Crippen molar-refractivity contribution in [1.29, 1.82) is 0 Å². The topological polar surface area (TPSA) is 15.3 Å². The van der Waals surface area contributed by atoms with E-state index in [-0.39, 0.29) is 5.54 Å². The molecule has 2 heteroatoms. The SMILES string of the molecule is Cc1cc(N2CC3CCC2C3)ccc1CNC(C)(C)C. The summed E-state index contributed by atoms with van der Waals surface area (Å²) in [6, 6.07) is 7.85. The summed E-state index contributed by atoms with van der Waals surface area (Å²) in [4.78, 5) is 2.64. The Balaban J connectivity index is 1.71. The number of nitrogens with zero attached hydrogens (tertiary/aromatic N) is 1. The molecule has 0 amide bonds. The third-order valence-electron chi connectivity index (χ3n) is 4.88. The first-order chi connectivity index (χ1) is 9.42. The Bertz CT molecular complexity index is 487. The van der Waals surface area contributed by atoms with Crippen molar-refractivity contribution in [3.63, 3.8) is 0 Å². The Hall–Kier alpha value is -1.02. The number of benzene rings is 1. The fourth-order valence-corrected chi connectivity index (χ4v) is 3.66. The second kappa shape index (κ2) is 5.07. The Kier molecular flexibility index (Phi) is 3.53. The number of nitrogens with one attached hydrogen (secondary N) is 1. The monoisotopic (exact) mass is 272 g/mol. The average molecular weight is 272 g/mol. The molecule has 3 rings (SSSR count). The van der Waals surface area contributed by atoms with Gasteiger partial charge in [-0.2, -0.15) is 0 Å². The van der Waals surface area contributed by atoms with E-state index >= 15 is 0 Å². The largest absolute Gasteiger partial charge is 0.368 e. The average Bonchev–Trinajstić information content (AvgIpc) is 2.98. The van der Waals surface area contributed by atoms with E-state index in [2.05, 4.69) is 56.1 Å². The van der Waals surface area contributed by atoms with E-state index in [4.69, 9.17) is 0 Å². The van der Waals surface area contributed by atoms with Crippen LogP contribution in [-0.4, -0.2) is 18.1 Å². The van der Waals surface area contributed by atoms with E-state index in [0.717, 1.165) is 18.5 Å². The predicted molar refractivity (Wildman–Crippen MR) is 86.2 cm³/mol. The highest BCUT2D eigenvalue weighted by Crippen LogP contribution is 2.40. The summed E-state index contributed by atoms with van der Waals surface area (Å²) in [7, 11) is 0. The van der Waals surface area contributed by atoms with Gasteiger partial charge in [0, 0.05) is 30.4 Å². The lowest BCUT2D eigenvalue weighted by molar-refractivity contribution is 0.424. The van der Waals surface area contributed by atoms with Crippen LogP contribution < -0.4 is 10.2 Å². The van der Waals surface area contributed by atoms with Gasteiger partial charge in [0.05, 0.1) is 0 Å². The van der Waals surface area contributed by atoms with Gasteiger partial charge in [-0.25, -0.2) is 0 Å². The molecule has 2 fully saturated rings. The molecule has 1 aromatic rings. The Morgan fingerprint density at radius 2 is 2.05 bits per heavy atom. The van der Waals surface area contributed by atoms with Crippen molar-refractivity contribution in [2.75, 3.05) is 11.4 Å². The molecule has 0 spiro atoms. The van der Waals surface area contributed by atoms with Crippen LogP contribution in [0.3, 0.4) is 0 Å². The summed E-state index contributed by atoms with van der Waals surface area (Å²) in [5.41, 5.74) is 4.46. The molecule has 1 saturated heterocycles. The molecule has 1 aromatic carbocycles. The van der Waals surface area contributed by atoms with Crippen LogP contribution in [0.4, 0.5) is 5.69 Å². The minimum absolute atomic E-state index is 0.180. The van der Waals surface area contributed by atoms with Crippen LogP contribution in [0.5, 0.6) is 0 Å². The molecule has 2 nitrogen and oxygen atoms in total. The van der Waals surface area contributed by atoms with E-state index < -0.39 is 0 Å². The first-order valence-corrected chi connectivity index (χ1v) is 8.03. The van der Waals surface area contributed by atoms with Crippen molar-refractivity contribution in [3.05, 3.63) is 29.3 Å². The molecule has 2 aliphatic rings. The van der Waals surface area contributed by atoms with Crippen molar-refractivity contribution in [3.8, 4) is 0 Å². The zero-order valence-electron chi connectivity index (χ0n) is 13.4. The lowest BCUT2D eigenvalue weighted by Gasteiger charge is -2.30. The number of fused-ring (bicyclic) bond motifs is 2. The van der Waals surface area contributed by atoms with Gasteiger partial charge in [-0.05, 0) is 76.1 Å². The van der Waals surface area contributed by atoms with E-state index in [1.54, 1.807) is 0 Å². The van der Waals surface area contributed by atoms with E-state index in [0.29, 0.717) is 0 Å². The molecule has 20 heavy (non-hydrogen) atoms. The quantitative estimate of drug-likeness (QED) is 0.898. The number of hydrogen-bond donors (Lipinski definition) is 1. The summed E-state index contributed by atoms with van der Waals surface area (Å²) in [6.45, 7) is 11.1. The second-order valence-corrected chi connectivity index (χ2v) is 7.70. The molecule has 0 radical (unpaired) electrons. The number of piperidine rings is 1. The summed E-state index contributed by atoms with van der Waals surface area (Å²) >= 11 is 0. The molecule has 0 aromatic heterocycles. The Morgan fingerprint density at radius 1 is 1.25 bits per heavy atom. The Labute approximate surface area is 123 Å². The summed E-state index contributed by atoms with van der Waals surface area (Å²) in [5, 5.41) is 3.58. The smallest absolute Gasteiger partial charge is 0.0371 e. The third-order valence-corrected chi connectivity index (χ3v) is 4.88. The molecule has 2 unspecified atom stereocenters. The maximum atomic E-state index is 3.58. The number of rotatable bonds is 3. The molecule has 1 N–H and O–H groups in total. The lowest BCUT2D eigenvalue weighted by atomic mass is 10.0. The normalized spacial score (nSPS) is 25.5.